The fraction of sp³-hybridized carbons (Fsp3) is 0.500. The zero-order valence-electron chi connectivity index (χ0n) is 27.1. The predicted octanol–water partition coefficient (Wildman–Crippen LogP) is 3.92. The SMILES string of the molecule is C[C@@H](C(=O)Nc1cc(-n2cnc3cc(N4CCN(C(=O)OC(C)(C)C)CC4)ccc3c2=O)ccc1OC(F)(F)F)N1CCN(C)CC1. The topological polar surface area (TPSA) is 112 Å². The third-order valence-electron chi connectivity index (χ3n) is 8.23. The van der Waals surface area contributed by atoms with E-state index in [1.165, 1.54) is 23.0 Å². The van der Waals surface area contributed by atoms with E-state index in [9.17, 15) is 27.6 Å². The van der Waals surface area contributed by atoms with Crippen LogP contribution in [0.1, 0.15) is 27.7 Å². The molecule has 0 radical (unpaired) electrons. The van der Waals surface area contributed by atoms with Gasteiger partial charge < -0.3 is 29.5 Å². The van der Waals surface area contributed by atoms with Gasteiger partial charge in [0.15, 0.2) is 5.75 Å². The van der Waals surface area contributed by atoms with Crippen LogP contribution in [0.4, 0.5) is 29.3 Å². The van der Waals surface area contributed by atoms with Crippen LogP contribution in [-0.4, -0.2) is 114 Å². The van der Waals surface area contributed by atoms with Crippen LogP contribution in [0.25, 0.3) is 16.6 Å². The minimum atomic E-state index is -4.99. The number of halogens is 3. The van der Waals surface area contributed by atoms with Gasteiger partial charge in [-0.25, -0.2) is 9.78 Å². The molecular weight excluding hydrogens is 619 g/mol. The Kier molecular flexibility index (Phi) is 9.68. The molecule has 0 saturated carbocycles. The average Bonchev–Trinajstić information content (AvgIpc) is 3.00. The normalized spacial score (nSPS) is 17.4. The highest BCUT2D eigenvalue weighted by atomic mass is 19.4. The average molecular weight is 660 g/mol. The first-order chi connectivity index (χ1) is 22.1. The van der Waals surface area contributed by atoms with E-state index >= 15 is 0 Å². The predicted molar refractivity (Wildman–Crippen MR) is 171 cm³/mol. The lowest BCUT2D eigenvalue weighted by atomic mass is 10.1. The molecule has 5 rings (SSSR count). The largest absolute Gasteiger partial charge is 0.573 e. The first-order valence-electron chi connectivity index (χ1n) is 15.5. The fourth-order valence-electron chi connectivity index (χ4n) is 5.56. The summed E-state index contributed by atoms with van der Waals surface area (Å²) in [7, 11) is 1.98. The highest BCUT2D eigenvalue weighted by Crippen LogP contribution is 2.33. The van der Waals surface area contributed by atoms with Crippen molar-refractivity contribution in [2.24, 2.45) is 0 Å². The Balaban J connectivity index is 1.36. The molecule has 0 aliphatic carbocycles. The number of carbonyl (C=O) groups excluding carboxylic acids is 2. The standard InChI is InChI=1S/C32H40F3N7O5/c1-21(39-12-10-38(5)11-13-39)28(43)37-26-19-23(7-9-27(26)46-32(33,34)35)42-20-36-25-18-22(6-8-24(25)29(42)44)40-14-16-41(17-15-40)30(45)47-31(2,3)4/h6-9,18-21H,10-17H2,1-5H3,(H,37,43)/t21-/m0/s1. The smallest absolute Gasteiger partial charge is 0.444 e. The first-order valence-corrected chi connectivity index (χ1v) is 15.5. The molecule has 0 spiro atoms. The monoisotopic (exact) mass is 659 g/mol. The summed E-state index contributed by atoms with van der Waals surface area (Å²) in [6.07, 6.45) is -4.05. The van der Waals surface area contributed by atoms with Gasteiger partial charge in [-0.3, -0.25) is 19.1 Å². The minimum absolute atomic E-state index is 0.198. The van der Waals surface area contributed by atoms with Crippen LogP contribution in [0, 0.1) is 0 Å². The van der Waals surface area contributed by atoms with Gasteiger partial charge in [0.2, 0.25) is 5.91 Å². The number of rotatable bonds is 6. The molecule has 3 aromatic rings. The van der Waals surface area contributed by atoms with Gasteiger partial charge in [-0.05, 0) is 71.1 Å². The Hall–Kier alpha value is -4.37. The number of hydrogen-bond donors (Lipinski definition) is 1. The quantitative estimate of drug-likeness (QED) is 0.421. The number of aromatic nitrogens is 2. The molecule has 2 aliphatic heterocycles. The second kappa shape index (κ2) is 13.4. The summed E-state index contributed by atoms with van der Waals surface area (Å²) < 4.78 is 50.6. The van der Waals surface area contributed by atoms with Crippen LogP contribution in [0.5, 0.6) is 5.75 Å². The highest BCUT2D eigenvalue weighted by molar-refractivity contribution is 5.96. The Labute approximate surface area is 270 Å². The van der Waals surface area contributed by atoms with E-state index in [1.54, 1.807) is 30.0 Å². The lowest BCUT2D eigenvalue weighted by molar-refractivity contribution is -0.274. The Morgan fingerprint density at radius 3 is 2.21 bits per heavy atom. The van der Waals surface area contributed by atoms with Crippen molar-refractivity contribution in [3.05, 3.63) is 53.1 Å². The zero-order chi connectivity index (χ0) is 34.1. The molecule has 15 heteroatoms. The van der Waals surface area contributed by atoms with Crippen LogP contribution in [0.3, 0.4) is 0 Å². The molecule has 2 saturated heterocycles. The highest BCUT2D eigenvalue weighted by Gasteiger charge is 2.33. The molecule has 1 atom stereocenters. The van der Waals surface area contributed by atoms with Crippen LogP contribution < -0.4 is 20.5 Å². The van der Waals surface area contributed by atoms with Gasteiger partial charge in [-0.2, -0.15) is 0 Å². The van der Waals surface area contributed by atoms with Gasteiger partial charge in [0.25, 0.3) is 5.56 Å². The maximum Gasteiger partial charge on any atom is 0.573 e. The molecule has 2 aromatic carbocycles. The molecule has 254 valence electrons. The molecule has 2 amide bonds. The molecule has 47 heavy (non-hydrogen) atoms. The van der Waals surface area contributed by atoms with Gasteiger partial charge in [-0.1, -0.05) is 0 Å². The molecule has 3 heterocycles. The molecule has 1 aromatic heterocycles. The molecule has 12 nitrogen and oxygen atoms in total. The number of piperazine rings is 2. The number of hydrogen-bond acceptors (Lipinski definition) is 9. The maximum atomic E-state index is 13.6. The van der Waals surface area contributed by atoms with Crippen molar-refractivity contribution in [3.63, 3.8) is 0 Å². The summed E-state index contributed by atoms with van der Waals surface area (Å²) in [6, 6.07) is 8.26. The van der Waals surface area contributed by atoms with Gasteiger partial charge in [0.1, 0.15) is 11.9 Å². The maximum absolute atomic E-state index is 13.6. The van der Waals surface area contributed by atoms with Crippen molar-refractivity contribution in [1.29, 1.82) is 0 Å². The van der Waals surface area contributed by atoms with E-state index in [4.69, 9.17) is 4.74 Å². The lowest BCUT2D eigenvalue weighted by Gasteiger charge is -2.36. The molecule has 1 N–H and O–H groups in total. The van der Waals surface area contributed by atoms with Gasteiger partial charge in [-0.15, -0.1) is 13.2 Å². The number of anilines is 2. The summed E-state index contributed by atoms with van der Waals surface area (Å²) in [4.78, 5) is 51.5. The van der Waals surface area contributed by atoms with Gasteiger partial charge in [0.05, 0.1) is 28.3 Å². The van der Waals surface area contributed by atoms with Gasteiger partial charge in [0, 0.05) is 58.0 Å². The van der Waals surface area contributed by atoms with Crippen LogP contribution in [0.2, 0.25) is 0 Å². The zero-order valence-corrected chi connectivity index (χ0v) is 27.1. The van der Waals surface area contributed by atoms with E-state index in [0.717, 1.165) is 24.8 Å². The number of alkyl halides is 3. The summed E-state index contributed by atoms with van der Waals surface area (Å²) in [5, 5.41) is 2.88. The summed E-state index contributed by atoms with van der Waals surface area (Å²) in [5.41, 5.74) is 0.221. The third-order valence-corrected chi connectivity index (χ3v) is 8.23. The molecule has 0 bridgehead atoms. The Morgan fingerprint density at radius 1 is 0.915 bits per heavy atom. The van der Waals surface area contributed by atoms with Crippen molar-refractivity contribution in [2.45, 2.75) is 45.7 Å². The number of fused-ring (bicyclic) bond motifs is 1. The number of likely N-dealkylation sites (N-methyl/N-ethyl adjacent to an activating group) is 1. The second-order valence-electron chi connectivity index (χ2n) is 12.8. The van der Waals surface area contributed by atoms with Crippen molar-refractivity contribution in [1.82, 2.24) is 24.3 Å². The number of amides is 2. The number of nitrogens with zero attached hydrogens (tertiary/aromatic N) is 6. The van der Waals surface area contributed by atoms with E-state index in [0.29, 0.717) is 50.2 Å². The number of nitrogens with one attached hydrogen (secondary N) is 1. The molecular formula is C32H40F3N7O5. The fourth-order valence-corrected chi connectivity index (χ4v) is 5.56. The van der Waals surface area contributed by atoms with Crippen LogP contribution in [-0.2, 0) is 9.53 Å². The lowest BCUT2D eigenvalue weighted by Crippen LogP contribution is -2.51. The summed E-state index contributed by atoms with van der Waals surface area (Å²) in [5.74, 6) is -1.10. The Bertz CT molecular complexity index is 1670. The molecule has 2 aliphatic rings. The summed E-state index contributed by atoms with van der Waals surface area (Å²) >= 11 is 0. The summed E-state index contributed by atoms with van der Waals surface area (Å²) in [6.45, 7) is 12.0. The molecule has 2 fully saturated rings. The van der Waals surface area contributed by atoms with Crippen LogP contribution >= 0.6 is 0 Å². The van der Waals surface area contributed by atoms with E-state index in [1.807, 2.05) is 32.7 Å². The van der Waals surface area contributed by atoms with Gasteiger partial charge >= 0.3 is 12.5 Å². The first kappa shape index (κ1) is 34.0. The van der Waals surface area contributed by atoms with Crippen molar-refractivity contribution < 1.29 is 32.2 Å². The van der Waals surface area contributed by atoms with Crippen molar-refractivity contribution in [3.8, 4) is 11.4 Å². The Morgan fingerprint density at radius 2 is 1.57 bits per heavy atom. The van der Waals surface area contributed by atoms with E-state index < -0.39 is 35.2 Å². The second-order valence-corrected chi connectivity index (χ2v) is 12.8. The number of ether oxygens (including phenoxy) is 2. The third kappa shape index (κ3) is 8.32. The van der Waals surface area contributed by atoms with E-state index in [2.05, 4.69) is 24.8 Å². The van der Waals surface area contributed by atoms with E-state index in [-0.39, 0.29) is 17.5 Å². The number of carbonyl (C=O) groups is 2. The van der Waals surface area contributed by atoms with Crippen molar-refractivity contribution >= 4 is 34.3 Å². The van der Waals surface area contributed by atoms with Crippen molar-refractivity contribution in [2.75, 3.05) is 69.6 Å². The van der Waals surface area contributed by atoms with Crippen LogP contribution in [0.15, 0.2) is 47.5 Å². The minimum Gasteiger partial charge on any atom is -0.444 e. The molecule has 0 unspecified atom stereocenters. The number of benzene rings is 2.